The smallest absolute Gasteiger partial charge is 0.0175 e. The van der Waals surface area contributed by atoms with Gasteiger partial charge in [0.25, 0.3) is 0 Å². The van der Waals surface area contributed by atoms with Crippen molar-refractivity contribution in [1.29, 1.82) is 0 Å². The minimum absolute atomic E-state index is 0.284. The summed E-state index contributed by atoms with van der Waals surface area (Å²) in [5, 5.41) is 0. The van der Waals surface area contributed by atoms with E-state index in [1.807, 2.05) is 0 Å². The van der Waals surface area contributed by atoms with Crippen LogP contribution < -0.4 is 0 Å². The van der Waals surface area contributed by atoms with Gasteiger partial charge in [-0.3, -0.25) is 0 Å². The molecule has 0 heterocycles. The normalized spacial score (nSPS) is 15.5. The first-order valence-corrected chi connectivity index (χ1v) is 5.39. The second-order valence-corrected chi connectivity index (χ2v) is 5.64. The van der Waals surface area contributed by atoms with E-state index in [1.165, 1.54) is 12.8 Å². The SMILES string of the molecule is C=CC(C)(C)CC(C)C(C)(C)CC. The minimum Gasteiger partial charge on any atom is -0.103 e. The summed E-state index contributed by atoms with van der Waals surface area (Å²) in [6.45, 7) is 17.8. The van der Waals surface area contributed by atoms with Crippen LogP contribution in [0.4, 0.5) is 0 Å². The van der Waals surface area contributed by atoms with Crippen LogP contribution in [0.25, 0.3) is 0 Å². The Balaban J connectivity index is 4.30. The van der Waals surface area contributed by atoms with Gasteiger partial charge in [-0.15, -0.1) is 6.58 Å². The highest BCUT2D eigenvalue weighted by Gasteiger charge is 2.28. The second-order valence-electron chi connectivity index (χ2n) is 5.64. The zero-order valence-electron chi connectivity index (χ0n) is 10.3. The van der Waals surface area contributed by atoms with Gasteiger partial charge in [0.1, 0.15) is 0 Å². The average molecular weight is 182 g/mol. The third kappa shape index (κ3) is 3.97. The third-order valence-corrected chi connectivity index (χ3v) is 3.63. The zero-order chi connectivity index (χ0) is 10.7. The molecule has 0 aromatic rings. The summed E-state index contributed by atoms with van der Waals surface area (Å²) in [6.07, 6.45) is 4.56. The van der Waals surface area contributed by atoms with Crippen molar-refractivity contribution in [3.05, 3.63) is 12.7 Å². The minimum atomic E-state index is 0.284. The Bertz CT molecular complexity index is 163. The van der Waals surface area contributed by atoms with E-state index in [2.05, 4.69) is 54.2 Å². The van der Waals surface area contributed by atoms with E-state index < -0.39 is 0 Å². The van der Waals surface area contributed by atoms with Crippen LogP contribution in [0.1, 0.15) is 54.4 Å². The highest BCUT2D eigenvalue weighted by atomic mass is 14.3. The molecule has 0 radical (unpaired) electrons. The summed E-state index contributed by atoms with van der Waals surface area (Å²) in [4.78, 5) is 0. The molecular formula is C13H26. The molecule has 0 heteroatoms. The van der Waals surface area contributed by atoms with Gasteiger partial charge in [-0.1, -0.05) is 54.0 Å². The fourth-order valence-corrected chi connectivity index (χ4v) is 1.50. The van der Waals surface area contributed by atoms with Crippen molar-refractivity contribution in [3.8, 4) is 0 Å². The molecule has 1 unspecified atom stereocenters. The van der Waals surface area contributed by atoms with Crippen molar-refractivity contribution in [2.24, 2.45) is 16.7 Å². The van der Waals surface area contributed by atoms with Gasteiger partial charge in [-0.05, 0) is 23.2 Å². The molecule has 0 fully saturated rings. The molecule has 0 rings (SSSR count). The maximum absolute atomic E-state index is 3.89. The Labute approximate surface area is 84.4 Å². The molecule has 0 amide bonds. The Kier molecular flexibility index (Phi) is 4.22. The van der Waals surface area contributed by atoms with Crippen LogP contribution in [0.15, 0.2) is 12.7 Å². The van der Waals surface area contributed by atoms with Crippen molar-refractivity contribution >= 4 is 0 Å². The lowest BCUT2D eigenvalue weighted by atomic mass is 9.70. The van der Waals surface area contributed by atoms with Gasteiger partial charge in [0.15, 0.2) is 0 Å². The Morgan fingerprint density at radius 2 is 1.69 bits per heavy atom. The van der Waals surface area contributed by atoms with E-state index in [1.54, 1.807) is 0 Å². The van der Waals surface area contributed by atoms with E-state index in [-0.39, 0.29) is 5.41 Å². The molecule has 0 N–H and O–H groups in total. The van der Waals surface area contributed by atoms with Gasteiger partial charge < -0.3 is 0 Å². The van der Waals surface area contributed by atoms with Gasteiger partial charge >= 0.3 is 0 Å². The first-order valence-electron chi connectivity index (χ1n) is 5.39. The maximum Gasteiger partial charge on any atom is -0.0175 e. The number of hydrogen-bond acceptors (Lipinski definition) is 0. The van der Waals surface area contributed by atoms with E-state index in [4.69, 9.17) is 0 Å². The Morgan fingerprint density at radius 3 is 2.00 bits per heavy atom. The molecule has 13 heavy (non-hydrogen) atoms. The quantitative estimate of drug-likeness (QED) is 0.542. The van der Waals surface area contributed by atoms with E-state index in [9.17, 15) is 0 Å². The lowest BCUT2D eigenvalue weighted by Crippen LogP contribution is -2.25. The maximum atomic E-state index is 3.89. The topological polar surface area (TPSA) is 0 Å². The van der Waals surface area contributed by atoms with Crippen LogP contribution in [0.2, 0.25) is 0 Å². The van der Waals surface area contributed by atoms with E-state index in [0.29, 0.717) is 5.41 Å². The highest BCUT2D eigenvalue weighted by molar-refractivity contribution is 4.90. The van der Waals surface area contributed by atoms with Gasteiger partial charge in [0, 0.05) is 0 Å². The molecule has 0 saturated heterocycles. The van der Waals surface area contributed by atoms with E-state index >= 15 is 0 Å². The molecule has 0 aliphatic rings. The molecule has 0 aromatic carbocycles. The molecule has 78 valence electrons. The van der Waals surface area contributed by atoms with Crippen LogP contribution in [0.3, 0.4) is 0 Å². The van der Waals surface area contributed by atoms with Crippen LogP contribution in [0, 0.1) is 16.7 Å². The summed E-state index contributed by atoms with van der Waals surface area (Å²) in [6, 6.07) is 0. The highest BCUT2D eigenvalue weighted by Crippen LogP contribution is 2.38. The van der Waals surface area contributed by atoms with Gasteiger partial charge in [-0.25, -0.2) is 0 Å². The molecule has 0 nitrogen and oxygen atoms in total. The standard InChI is InChI=1S/C13H26/c1-8-12(4,5)10-11(3)13(6,7)9-2/h8,11H,1,9-10H2,2-7H3. The molecule has 0 aromatic heterocycles. The van der Waals surface area contributed by atoms with E-state index in [0.717, 1.165) is 5.92 Å². The molecule has 0 aliphatic carbocycles. The Hall–Kier alpha value is -0.260. The van der Waals surface area contributed by atoms with Gasteiger partial charge in [0.2, 0.25) is 0 Å². The van der Waals surface area contributed by atoms with Gasteiger partial charge in [0.05, 0.1) is 0 Å². The molecular weight excluding hydrogens is 156 g/mol. The van der Waals surface area contributed by atoms with Crippen molar-refractivity contribution in [1.82, 2.24) is 0 Å². The first kappa shape index (κ1) is 12.7. The number of hydrogen-bond donors (Lipinski definition) is 0. The lowest BCUT2D eigenvalue weighted by Gasteiger charge is -2.35. The van der Waals surface area contributed by atoms with Crippen molar-refractivity contribution in [2.45, 2.75) is 54.4 Å². The van der Waals surface area contributed by atoms with Crippen LogP contribution in [-0.4, -0.2) is 0 Å². The largest absolute Gasteiger partial charge is 0.103 e. The predicted molar refractivity (Wildman–Crippen MR) is 61.8 cm³/mol. The van der Waals surface area contributed by atoms with Crippen LogP contribution in [-0.2, 0) is 0 Å². The predicted octanol–water partition coefficient (Wildman–Crippen LogP) is 4.66. The van der Waals surface area contributed by atoms with Crippen LogP contribution >= 0.6 is 0 Å². The lowest BCUT2D eigenvalue weighted by molar-refractivity contribution is 0.170. The molecule has 0 aliphatic heterocycles. The zero-order valence-corrected chi connectivity index (χ0v) is 10.3. The summed E-state index contributed by atoms with van der Waals surface area (Å²) >= 11 is 0. The van der Waals surface area contributed by atoms with Crippen molar-refractivity contribution < 1.29 is 0 Å². The monoisotopic (exact) mass is 182 g/mol. The summed E-state index contributed by atoms with van der Waals surface area (Å²) in [5.74, 6) is 0.755. The summed E-state index contributed by atoms with van der Waals surface area (Å²) in [7, 11) is 0. The average Bonchev–Trinajstić information content (AvgIpc) is 2.04. The van der Waals surface area contributed by atoms with Crippen molar-refractivity contribution in [2.75, 3.05) is 0 Å². The van der Waals surface area contributed by atoms with Crippen molar-refractivity contribution in [3.63, 3.8) is 0 Å². The number of rotatable bonds is 5. The molecule has 0 bridgehead atoms. The molecule has 0 saturated carbocycles. The summed E-state index contributed by atoms with van der Waals surface area (Å²) in [5.41, 5.74) is 0.742. The molecule has 0 spiro atoms. The fourth-order valence-electron chi connectivity index (χ4n) is 1.50. The Morgan fingerprint density at radius 1 is 1.23 bits per heavy atom. The molecule has 1 atom stereocenters. The second kappa shape index (κ2) is 4.30. The summed E-state index contributed by atoms with van der Waals surface area (Å²) < 4.78 is 0. The first-order chi connectivity index (χ1) is 5.75. The number of allylic oxidation sites excluding steroid dienone is 1. The van der Waals surface area contributed by atoms with Gasteiger partial charge in [-0.2, -0.15) is 0 Å². The fraction of sp³-hybridized carbons (Fsp3) is 0.846. The third-order valence-electron chi connectivity index (χ3n) is 3.63. The van der Waals surface area contributed by atoms with Crippen LogP contribution in [0.5, 0.6) is 0 Å².